The predicted octanol–water partition coefficient (Wildman–Crippen LogP) is 1.93. The zero-order chi connectivity index (χ0) is 11.4. The van der Waals surface area contributed by atoms with Gasteiger partial charge < -0.3 is 5.32 Å². The van der Waals surface area contributed by atoms with Crippen molar-refractivity contribution in [3.8, 4) is 0 Å². The van der Waals surface area contributed by atoms with E-state index in [2.05, 4.69) is 41.4 Å². The number of anilines is 1. The molecule has 0 aromatic carbocycles. The lowest BCUT2D eigenvalue weighted by atomic mass is 10.3. The Kier molecular flexibility index (Phi) is 3.51. The molecule has 0 saturated heterocycles. The van der Waals surface area contributed by atoms with Crippen molar-refractivity contribution in [3.63, 3.8) is 0 Å². The van der Waals surface area contributed by atoms with E-state index in [-0.39, 0.29) is 0 Å². The molecule has 2 rings (SSSR count). The van der Waals surface area contributed by atoms with Crippen LogP contribution in [0.4, 0.5) is 5.82 Å². The highest BCUT2D eigenvalue weighted by Crippen LogP contribution is 2.20. The molecule has 16 heavy (non-hydrogen) atoms. The largest absolute Gasteiger partial charge is 0.369 e. The second-order valence-corrected chi connectivity index (χ2v) is 4.31. The molecule has 2 heterocycles. The van der Waals surface area contributed by atoms with E-state index in [9.17, 15) is 0 Å². The van der Waals surface area contributed by atoms with Gasteiger partial charge in [0.25, 0.3) is 0 Å². The number of pyridine rings is 1. The normalized spacial score (nSPS) is 10.4. The molecular weight excluding hydrogens is 270 g/mol. The van der Waals surface area contributed by atoms with Crippen molar-refractivity contribution >= 4 is 21.7 Å². The van der Waals surface area contributed by atoms with Crippen LogP contribution in [0.25, 0.3) is 0 Å². The lowest BCUT2D eigenvalue weighted by molar-refractivity contribution is 0.896. The Morgan fingerprint density at radius 2 is 2.31 bits per heavy atom. The minimum atomic E-state index is 0.768. The molecule has 0 saturated carbocycles. The summed E-state index contributed by atoms with van der Waals surface area (Å²) >= 11 is 3.47. The van der Waals surface area contributed by atoms with Gasteiger partial charge in [0.2, 0.25) is 0 Å². The second kappa shape index (κ2) is 5.07. The van der Waals surface area contributed by atoms with E-state index in [1.807, 2.05) is 19.2 Å². The zero-order valence-electron chi connectivity index (χ0n) is 8.87. The first-order valence-corrected chi connectivity index (χ1v) is 5.75. The number of halogens is 1. The minimum Gasteiger partial charge on any atom is -0.369 e. The fourth-order valence-corrected chi connectivity index (χ4v) is 1.92. The average Bonchev–Trinajstić information content (AvgIpc) is 2.74. The Morgan fingerprint density at radius 3 is 3.00 bits per heavy atom. The highest BCUT2D eigenvalue weighted by molar-refractivity contribution is 9.10. The number of H-pyrrole nitrogens is 1. The van der Waals surface area contributed by atoms with Crippen molar-refractivity contribution in [2.75, 3.05) is 11.9 Å². The molecule has 0 fully saturated rings. The molecule has 0 amide bonds. The van der Waals surface area contributed by atoms with Crippen LogP contribution in [0.3, 0.4) is 0 Å². The first-order valence-electron chi connectivity index (χ1n) is 4.96. The number of aromatic nitrogens is 4. The van der Waals surface area contributed by atoms with Gasteiger partial charge in [0.05, 0.1) is 4.47 Å². The van der Waals surface area contributed by atoms with Crippen molar-refractivity contribution in [1.29, 1.82) is 0 Å². The smallest absolute Gasteiger partial charge is 0.140 e. The maximum atomic E-state index is 4.29. The molecule has 2 aromatic rings. The summed E-state index contributed by atoms with van der Waals surface area (Å²) in [6.07, 6.45) is 4.14. The van der Waals surface area contributed by atoms with Crippen molar-refractivity contribution in [3.05, 3.63) is 34.5 Å². The molecule has 2 N–H and O–H groups in total. The minimum absolute atomic E-state index is 0.768. The van der Waals surface area contributed by atoms with E-state index >= 15 is 0 Å². The highest BCUT2D eigenvalue weighted by Gasteiger charge is 2.01. The molecule has 84 valence electrons. The molecule has 6 heteroatoms. The lowest BCUT2D eigenvalue weighted by Crippen LogP contribution is -2.07. The van der Waals surface area contributed by atoms with Crippen LogP contribution < -0.4 is 5.32 Å². The van der Waals surface area contributed by atoms with E-state index in [1.54, 1.807) is 0 Å². The van der Waals surface area contributed by atoms with Crippen molar-refractivity contribution in [1.82, 2.24) is 20.2 Å². The van der Waals surface area contributed by atoms with Crippen LogP contribution in [0.5, 0.6) is 0 Å². The van der Waals surface area contributed by atoms with Crippen LogP contribution in [0.1, 0.15) is 11.4 Å². The van der Waals surface area contributed by atoms with Crippen LogP contribution in [0.15, 0.2) is 23.1 Å². The Hall–Kier alpha value is -1.43. The third-order valence-corrected chi connectivity index (χ3v) is 2.70. The monoisotopic (exact) mass is 281 g/mol. The van der Waals surface area contributed by atoms with E-state index in [1.165, 1.54) is 6.33 Å². The summed E-state index contributed by atoms with van der Waals surface area (Å²) in [5.74, 6) is 1.72. The van der Waals surface area contributed by atoms with Crippen LogP contribution >= 0.6 is 15.9 Å². The summed E-state index contributed by atoms with van der Waals surface area (Å²) in [6, 6.07) is 2.03. The van der Waals surface area contributed by atoms with Gasteiger partial charge in [-0.2, -0.15) is 5.10 Å². The van der Waals surface area contributed by atoms with Gasteiger partial charge in [0.1, 0.15) is 18.0 Å². The van der Waals surface area contributed by atoms with E-state index in [4.69, 9.17) is 0 Å². The number of aromatic amines is 1. The molecule has 0 radical (unpaired) electrons. The van der Waals surface area contributed by atoms with Crippen LogP contribution in [0, 0.1) is 6.92 Å². The standard InChI is InChI=1S/C10H12BrN5/c1-7-4-8(11)10(13-5-7)12-3-2-9-14-6-15-16-9/h4-6H,2-3H2,1H3,(H,12,13)(H,14,15,16). The third kappa shape index (κ3) is 2.79. The van der Waals surface area contributed by atoms with Crippen molar-refractivity contribution in [2.45, 2.75) is 13.3 Å². The predicted molar refractivity (Wildman–Crippen MR) is 65.3 cm³/mol. The maximum absolute atomic E-state index is 4.29. The average molecular weight is 282 g/mol. The van der Waals surface area contributed by atoms with Gasteiger partial charge in [0, 0.05) is 19.2 Å². The lowest BCUT2D eigenvalue weighted by Gasteiger charge is -2.06. The molecule has 0 atom stereocenters. The number of hydrogen-bond acceptors (Lipinski definition) is 4. The molecule has 0 aliphatic rings. The van der Waals surface area contributed by atoms with Crippen LogP contribution in [-0.4, -0.2) is 26.7 Å². The number of nitrogens with zero attached hydrogens (tertiary/aromatic N) is 3. The first kappa shape index (κ1) is 11.1. The molecule has 0 aliphatic carbocycles. The van der Waals surface area contributed by atoms with Gasteiger partial charge in [-0.1, -0.05) is 0 Å². The highest BCUT2D eigenvalue weighted by atomic mass is 79.9. The van der Waals surface area contributed by atoms with Crippen molar-refractivity contribution in [2.24, 2.45) is 0 Å². The van der Waals surface area contributed by atoms with Crippen molar-refractivity contribution < 1.29 is 0 Å². The second-order valence-electron chi connectivity index (χ2n) is 3.45. The summed E-state index contributed by atoms with van der Waals surface area (Å²) in [5.41, 5.74) is 1.13. The number of aryl methyl sites for hydroxylation is 1. The van der Waals surface area contributed by atoms with Crippen LogP contribution in [-0.2, 0) is 6.42 Å². The molecule has 0 unspecified atom stereocenters. The van der Waals surface area contributed by atoms with Gasteiger partial charge >= 0.3 is 0 Å². The fourth-order valence-electron chi connectivity index (χ4n) is 1.31. The molecule has 0 aliphatic heterocycles. The fraction of sp³-hybridized carbons (Fsp3) is 0.300. The maximum Gasteiger partial charge on any atom is 0.140 e. The molecule has 5 nitrogen and oxygen atoms in total. The summed E-state index contributed by atoms with van der Waals surface area (Å²) in [5, 5.41) is 9.83. The number of nitrogens with one attached hydrogen (secondary N) is 2. The van der Waals surface area contributed by atoms with Gasteiger partial charge in [0.15, 0.2) is 0 Å². The summed E-state index contributed by atoms with van der Waals surface area (Å²) in [7, 11) is 0. The van der Waals surface area contributed by atoms with Gasteiger partial charge in [-0.05, 0) is 34.5 Å². The van der Waals surface area contributed by atoms with Gasteiger partial charge in [-0.25, -0.2) is 9.97 Å². The number of hydrogen-bond donors (Lipinski definition) is 2. The molecule has 0 bridgehead atoms. The Balaban J connectivity index is 1.90. The molecule has 2 aromatic heterocycles. The summed E-state index contributed by atoms with van der Waals surface area (Å²) in [6.45, 7) is 2.78. The Labute approximate surface area is 102 Å². The number of rotatable bonds is 4. The molecular formula is C10H12BrN5. The zero-order valence-corrected chi connectivity index (χ0v) is 10.5. The Bertz CT molecular complexity index is 454. The molecule has 0 spiro atoms. The first-order chi connectivity index (χ1) is 7.75. The Morgan fingerprint density at radius 1 is 1.44 bits per heavy atom. The third-order valence-electron chi connectivity index (χ3n) is 2.10. The van der Waals surface area contributed by atoms with E-state index in [0.717, 1.165) is 34.6 Å². The summed E-state index contributed by atoms with van der Waals surface area (Å²) in [4.78, 5) is 8.34. The van der Waals surface area contributed by atoms with Crippen LogP contribution in [0.2, 0.25) is 0 Å². The summed E-state index contributed by atoms with van der Waals surface area (Å²) < 4.78 is 0.977. The quantitative estimate of drug-likeness (QED) is 0.899. The SMILES string of the molecule is Cc1cnc(NCCc2ncn[nH]2)c(Br)c1. The van der Waals surface area contributed by atoms with Gasteiger partial charge in [-0.3, -0.25) is 5.10 Å². The van der Waals surface area contributed by atoms with E-state index in [0.29, 0.717) is 0 Å². The topological polar surface area (TPSA) is 66.5 Å². The van der Waals surface area contributed by atoms with Gasteiger partial charge in [-0.15, -0.1) is 0 Å². The van der Waals surface area contributed by atoms with E-state index < -0.39 is 0 Å².